The highest BCUT2D eigenvalue weighted by atomic mass is 16.3. The van der Waals surface area contributed by atoms with E-state index in [1.807, 2.05) is 46.8 Å². The third-order valence-electron chi connectivity index (χ3n) is 8.37. The van der Waals surface area contributed by atoms with Crippen LogP contribution in [0.5, 0.6) is 0 Å². The fourth-order valence-electron chi connectivity index (χ4n) is 5.93. The van der Waals surface area contributed by atoms with Crippen molar-refractivity contribution in [1.82, 2.24) is 15.1 Å². The topological polar surface area (TPSA) is 88.3 Å². The third-order valence-corrected chi connectivity index (χ3v) is 8.37. The first kappa shape index (κ1) is 34.8. The molecule has 0 radical (unpaired) electrons. The van der Waals surface area contributed by atoms with Gasteiger partial charge >= 0.3 is 0 Å². The first-order valence-electron chi connectivity index (χ1n) is 15.9. The normalized spacial score (nSPS) is 19.6. The number of benzene rings is 1. The maximum absolute atomic E-state index is 9.91. The molecule has 42 heavy (non-hydrogen) atoms. The molecule has 2 aliphatic rings. The Morgan fingerprint density at radius 2 is 1.86 bits per heavy atom. The Kier molecular flexibility index (Phi) is 14.0. The van der Waals surface area contributed by atoms with Gasteiger partial charge in [0.05, 0.1) is 30.3 Å². The van der Waals surface area contributed by atoms with Crippen molar-refractivity contribution >= 4 is 23.8 Å². The highest BCUT2D eigenvalue weighted by molar-refractivity contribution is 5.59. The molecular formula is C35H54N6O. The number of likely N-dealkylation sites (tertiary alicyclic amines) is 1. The molecule has 1 aromatic carbocycles. The predicted molar refractivity (Wildman–Crippen MR) is 178 cm³/mol. The lowest BCUT2D eigenvalue weighted by Gasteiger charge is -2.26. The average molecular weight is 575 g/mol. The molecule has 0 saturated carbocycles. The summed E-state index contributed by atoms with van der Waals surface area (Å²) in [5.74, 6) is 2.88. The number of aliphatic hydroxyl groups is 1. The van der Waals surface area contributed by atoms with E-state index in [2.05, 4.69) is 73.7 Å². The van der Waals surface area contributed by atoms with Crippen LogP contribution in [0.1, 0.15) is 97.4 Å². The van der Waals surface area contributed by atoms with Crippen LogP contribution in [0, 0.1) is 30.1 Å². The summed E-state index contributed by atoms with van der Waals surface area (Å²) in [6.45, 7) is 26.1. The van der Waals surface area contributed by atoms with Gasteiger partial charge in [-0.25, -0.2) is 0 Å². The minimum atomic E-state index is -0.0809. The van der Waals surface area contributed by atoms with E-state index in [0.717, 1.165) is 72.0 Å². The number of aliphatic hydroxyl groups excluding tert-OH is 1. The zero-order valence-electron chi connectivity index (χ0n) is 27.5. The Labute approximate surface area is 254 Å². The summed E-state index contributed by atoms with van der Waals surface area (Å²) in [7, 11) is 0. The van der Waals surface area contributed by atoms with Crippen LogP contribution in [0.2, 0.25) is 0 Å². The number of nitrogens with zero attached hydrogens (tertiary/aromatic N) is 5. The first-order chi connectivity index (χ1) is 20.3. The van der Waals surface area contributed by atoms with Gasteiger partial charge in [0.25, 0.3) is 0 Å². The molecule has 7 nitrogen and oxygen atoms in total. The van der Waals surface area contributed by atoms with Gasteiger partial charge in [0.1, 0.15) is 0 Å². The molecule has 4 rings (SSSR count). The second-order valence-corrected chi connectivity index (χ2v) is 11.0. The maximum Gasteiger partial charge on any atom is 0.159 e. The van der Waals surface area contributed by atoms with Gasteiger partial charge < -0.3 is 20.2 Å². The highest BCUT2D eigenvalue weighted by Crippen LogP contribution is 2.27. The van der Waals surface area contributed by atoms with E-state index in [0.29, 0.717) is 23.2 Å². The van der Waals surface area contributed by atoms with Gasteiger partial charge in [0, 0.05) is 35.8 Å². The highest BCUT2D eigenvalue weighted by Gasteiger charge is 2.28. The summed E-state index contributed by atoms with van der Waals surface area (Å²) in [6.07, 6.45) is 7.40. The standard InChI is InChI=1S/C31H42N6O.2C2H6/c1-7-27-29(16-21(4)37-14-9-11-26(37)19-38)30(33-23(6)28-12-8-10-24(17-32)22(28)5)34-35-31(27)36-15-13-25(18-36)20(2)3;2*1-2/h7-8,10,12,16,20,23,25-26,38H,4,9,11,13-15,18-19H2,1-3,5-6H3,(H,33,34);2*1-2H3/b27-7+,29-16+;;/t23-,25?,26-;;/m1../s1. The number of nitrogens with one attached hydrogen (secondary N) is 1. The van der Waals surface area contributed by atoms with Crippen molar-refractivity contribution < 1.29 is 5.11 Å². The minimum Gasteiger partial charge on any atom is -0.394 e. The minimum absolute atomic E-state index is 0.0809. The Bertz CT molecular complexity index is 1330. The fourth-order valence-corrected chi connectivity index (χ4v) is 5.93. The average Bonchev–Trinajstić information content (AvgIpc) is 3.70. The van der Waals surface area contributed by atoms with Crippen molar-refractivity contribution in [2.45, 2.75) is 93.7 Å². The predicted octanol–water partition coefficient (Wildman–Crippen LogP) is 5.92. The molecule has 1 unspecified atom stereocenters. The molecule has 7 heteroatoms. The van der Waals surface area contributed by atoms with Crippen LogP contribution in [-0.2, 0) is 0 Å². The molecule has 2 aromatic rings. The molecule has 2 saturated heterocycles. The maximum atomic E-state index is 9.91. The van der Waals surface area contributed by atoms with Gasteiger partial charge in [0.15, 0.2) is 11.6 Å². The zero-order chi connectivity index (χ0) is 31.4. The van der Waals surface area contributed by atoms with Crippen molar-refractivity contribution in [1.29, 1.82) is 5.26 Å². The van der Waals surface area contributed by atoms with E-state index in [9.17, 15) is 10.4 Å². The second kappa shape index (κ2) is 16.9. The van der Waals surface area contributed by atoms with Gasteiger partial charge in [-0.05, 0) is 75.1 Å². The quantitative estimate of drug-likeness (QED) is 0.405. The fraction of sp³-hybridized carbons (Fsp3) is 0.571. The second-order valence-electron chi connectivity index (χ2n) is 11.0. The molecule has 0 aliphatic carbocycles. The molecule has 230 valence electrons. The number of nitriles is 1. The van der Waals surface area contributed by atoms with Crippen molar-refractivity contribution in [3.05, 3.63) is 57.6 Å². The van der Waals surface area contributed by atoms with E-state index >= 15 is 0 Å². The molecule has 0 spiro atoms. The molecule has 3 atom stereocenters. The van der Waals surface area contributed by atoms with E-state index in [4.69, 9.17) is 10.2 Å². The van der Waals surface area contributed by atoms with E-state index < -0.39 is 0 Å². The smallest absolute Gasteiger partial charge is 0.159 e. The molecule has 2 N–H and O–H groups in total. The van der Waals surface area contributed by atoms with E-state index in [1.165, 1.54) is 0 Å². The monoisotopic (exact) mass is 574 g/mol. The van der Waals surface area contributed by atoms with Gasteiger partial charge in [0.2, 0.25) is 0 Å². The number of anilines is 2. The van der Waals surface area contributed by atoms with Crippen LogP contribution in [0.25, 0.3) is 12.2 Å². The third kappa shape index (κ3) is 7.92. The van der Waals surface area contributed by atoms with Gasteiger partial charge in [-0.15, -0.1) is 10.2 Å². The Morgan fingerprint density at radius 3 is 2.45 bits per heavy atom. The van der Waals surface area contributed by atoms with E-state index in [-0.39, 0.29) is 18.7 Å². The number of aromatic nitrogens is 2. The first-order valence-corrected chi connectivity index (χ1v) is 15.9. The summed E-state index contributed by atoms with van der Waals surface area (Å²) in [5, 5.41) is 34.5. The number of rotatable bonds is 8. The van der Waals surface area contributed by atoms with Gasteiger partial charge in [-0.1, -0.05) is 66.3 Å². The lowest BCUT2D eigenvalue weighted by molar-refractivity contribution is 0.191. The lowest BCUT2D eigenvalue weighted by atomic mass is 9.95. The Morgan fingerprint density at radius 1 is 1.14 bits per heavy atom. The summed E-state index contributed by atoms with van der Waals surface area (Å²) >= 11 is 0. The summed E-state index contributed by atoms with van der Waals surface area (Å²) in [5.41, 5.74) is 3.58. The molecule has 0 bridgehead atoms. The van der Waals surface area contributed by atoms with Crippen molar-refractivity contribution in [3.63, 3.8) is 0 Å². The molecule has 2 fully saturated rings. The Balaban J connectivity index is 0.00000148. The summed E-state index contributed by atoms with van der Waals surface area (Å²) < 4.78 is 0. The molecule has 0 amide bonds. The van der Waals surface area contributed by atoms with Crippen LogP contribution in [0.15, 0.2) is 30.5 Å². The van der Waals surface area contributed by atoms with Crippen molar-refractivity contribution in [2.75, 3.05) is 36.5 Å². The van der Waals surface area contributed by atoms with Gasteiger partial charge in [-0.2, -0.15) is 5.26 Å². The number of hydrogen-bond donors (Lipinski definition) is 2. The molecule has 3 heterocycles. The van der Waals surface area contributed by atoms with Gasteiger partial charge in [-0.3, -0.25) is 0 Å². The van der Waals surface area contributed by atoms with Crippen molar-refractivity contribution in [3.8, 4) is 6.07 Å². The van der Waals surface area contributed by atoms with Crippen LogP contribution >= 0.6 is 0 Å². The van der Waals surface area contributed by atoms with Crippen LogP contribution in [0.4, 0.5) is 11.6 Å². The summed E-state index contributed by atoms with van der Waals surface area (Å²) in [6, 6.07) is 8.13. The summed E-state index contributed by atoms with van der Waals surface area (Å²) in [4.78, 5) is 4.57. The zero-order valence-corrected chi connectivity index (χ0v) is 27.5. The number of allylic oxidation sites excluding steroid dienone is 1. The molecule has 1 aromatic heterocycles. The SMILES string of the molecule is C=C(/C=c1/c(N[C@H](C)c2cccc(C#N)c2C)nnc(N2CCC(C(C)C)C2)/c1=C/C)N1CCC[C@@H]1CO.CC.CC. The molecule has 2 aliphatic heterocycles. The van der Waals surface area contributed by atoms with E-state index in [1.54, 1.807) is 0 Å². The van der Waals surface area contributed by atoms with Crippen LogP contribution < -0.4 is 20.7 Å². The number of hydrogen-bond acceptors (Lipinski definition) is 7. The van der Waals surface area contributed by atoms with Crippen molar-refractivity contribution in [2.24, 2.45) is 11.8 Å². The lowest BCUT2D eigenvalue weighted by Crippen LogP contribution is -2.39. The van der Waals surface area contributed by atoms with Crippen LogP contribution in [0.3, 0.4) is 0 Å². The van der Waals surface area contributed by atoms with Crippen LogP contribution in [-0.4, -0.2) is 52.5 Å². The molecular weight excluding hydrogens is 520 g/mol. The Hall–Kier alpha value is -3.37. The largest absolute Gasteiger partial charge is 0.394 e.